The molecule has 0 saturated carbocycles. The average Bonchev–Trinajstić information content (AvgIpc) is 2.98. The standard InChI is InChI=1S/C22H22BO2S/c1-21(2,24)22(3,4)25-23-18-10-7-9-16-14(18)12-13-17-15-8-5-6-11-19(15)26-20(16)17/h5-13,24H,1-4H3. The first-order chi connectivity index (χ1) is 12.3. The van der Waals surface area contributed by atoms with Crippen molar-refractivity contribution < 1.29 is 9.76 Å². The summed E-state index contributed by atoms with van der Waals surface area (Å²) in [6.07, 6.45) is 0. The first kappa shape index (κ1) is 17.5. The molecule has 4 rings (SSSR count). The van der Waals surface area contributed by atoms with E-state index in [1.807, 2.05) is 25.2 Å². The third-order valence-corrected chi connectivity index (χ3v) is 6.61. The molecule has 4 heteroatoms. The van der Waals surface area contributed by atoms with Crippen LogP contribution in [0.1, 0.15) is 27.7 Å². The van der Waals surface area contributed by atoms with Crippen LogP contribution in [-0.2, 0) is 4.65 Å². The third-order valence-electron chi connectivity index (χ3n) is 5.39. The maximum Gasteiger partial charge on any atom is 0.331 e. The van der Waals surface area contributed by atoms with Gasteiger partial charge in [0.1, 0.15) is 0 Å². The van der Waals surface area contributed by atoms with E-state index in [1.54, 1.807) is 21.3 Å². The molecular formula is C22H22BO2S. The normalized spacial score (nSPS) is 13.0. The molecule has 1 aromatic heterocycles. The minimum Gasteiger partial charge on any atom is -0.427 e. The Balaban J connectivity index is 1.81. The molecule has 0 unspecified atom stereocenters. The van der Waals surface area contributed by atoms with Gasteiger partial charge in [0.15, 0.2) is 0 Å². The highest BCUT2D eigenvalue weighted by Crippen LogP contribution is 2.37. The Hall–Kier alpha value is -1.88. The van der Waals surface area contributed by atoms with Crippen molar-refractivity contribution in [3.8, 4) is 0 Å². The highest BCUT2D eigenvalue weighted by atomic mass is 32.1. The predicted octanol–water partition coefficient (Wildman–Crippen LogP) is 5.02. The monoisotopic (exact) mass is 361 g/mol. The fourth-order valence-corrected chi connectivity index (χ4v) is 4.25. The zero-order valence-electron chi connectivity index (χ0n) is 15.5. The van der Waals surface area contributed by atoms with Crippen LogP contribution in [0.25, 0.3) is 30.9 Å². The highest BCUT2D eigenvalue weighted by Gasteiger charge is 2.35. The lowest BCUT2D eigenvalue weighted by Crippen LogP contribution is -2.49. The second kappa shape index (κ2) is 6.09. The van der Waals surface area contributed by atoms with E-state index in [0.717, 1.165) is 10.8 Å². The lowest BCUT2D eigenvalue weighted by Gasteiger charge is -2.37. The largest absolute Gasteiger partial charge is 0.427 e. The number of fused-ring (bicyclic) bond motifs is 5. The molecule has 0 saturated heterocycles. The van der Waals surface area contributed by atoms with Crippen molar-refractivity contribution in [2.24, 2.45) is 0 Å². The first-order valence-electron chi connectivity index (χ1n) is 8.84. The SMILES string of the molecule is CC(C)(O)C(C)(C)O[B]c1cccc2c1ccc1c3ccccc3sc21. The van der Waals surface area contributed by atoms with E-state index in [1.165, 1.54) is 25.6 Å². The van der Waals surface area contributed by atoms with Crippen molar-refractivity contribution in [3.63, 3.8) is 0 Å². The van der Waals surface area contributed by atoms with Crippen molar-refractivity contribution in [3.05, 3.63) is 54.6 Å². The van der Waals surface area contributed by atoms with Gasteiger partial charge >= 0.3 is 7.48 Å². The topological polar surface area (TPSA) is 29.5 Å². The number of hydrogen-bond acceptors (Lipinski definition) is 3. The van der Waals surface area contributed by atoms with Crippen molar-refractivity contribution in [1.82, 2.24) is 0 Å². The van der Waals surface area contributed by atoms with E-state index in [-0.39, 0.29) is 0 Å². The van der Waals surface area contributed by atoms with Crippen LogP contribution in [0.2, 0.25) is 0 Å². The number of thiophene rings is 1. The second-order valence-corrected chi connectivity index (χ2v) is 8.84. The molecule has 26 heavy (non-hydrogen) atoms. The van der Waals surface area contributed by atoms with Gasteiger partial charge < -0.3 is 9.76 Å². The summed E-state index contributed by atoms with van der Waals surface area (Å²) in [6, 6.07) is 19.2. The van der Waals surface area contributed by atoms with Crippen molar-refractivity contribution in [1.29, 1.82) is 0 Å². The van der Waals surface area contributed by atoms with Crippen LogP contribution in [-0.4, -0.2) is 23.8 Å². The van der Waals surface area contributed by atoms with E-state index in [2.05, 4.69) is 54.6 Å². The van der Waals surface area contributed by atoms with Crippen LogP contribution in [0, 0.1) is 0 Å². The average molecular weight is 361 g/mol. The van der Waals surface area contributed by atoms with E-state index >= 15 is 0 Å². The number of rotatable bonds is 4. The van der Waals surface area contributed by atoms with E-state index in [0.29, 0.717) is 0 Å². The Kier molecular flexibility index (Phi) is 4.10. The quantitative estimate of drug-likeness (QED) is 0.517. The van der Waals surface area contributed by atoms with E-state index < -0.39 is 11.2 Å². The maximum atomic E-state index is 10.3. The minimum atomic E-state index is -0.938. The molecular weight excluding hydrogens is 339 g/mol. The number of benzene rings is 3. The van der Waals surface area contributed by atoms with Gasteiger partial charge in [0, 0.05) is 20.2 Å². The number of hydrogen-bond donors (Lipinski definition) is 1. The van der Waals surface area contributed by atoms with E-state index in [4.69, 9.17) is 4.65 Å². The van der Waals surface area contributed by atoms with Gasteiger partial charge in [-0.05, 0) is 50.0 Å². The first-order valence-corrected chi connectivity index (χ1v) is 9.66. The smallest absolute Gasteiger partial charge is 0.331 e. The molecule has 1 heterocycles. The predicted molar refractivity (Wildman–Crippen MR) is 114 cm³/mol. The van der Waals surface area contributed by atoms with Crippen molar-refractivity contribution in [2.45, 2.75) is 38.9 Å². The van der Waals surface area contributed by atoms with Gasteiger partial charge in [0.25, 0.3) is 0 Å². The molecule has 131 valence electrons. The molecule has 1 radical (unpaired) electrons. The summed E-state index contributed by atoms with van der Waals surface area (Å²) in [5.74, 6) is 0. The van der Waals surface area contributed by atoms with Gasteiger partial charge in [-0.15, -0.1) is 11.3 Å². The molecule has 0 aliphatic rings. The van der Waals surface area contributed by atoms with Crippen LogP contribution < -0.4 is 5.46 Å². The molecule has 3 aromatic carbocycles. The van der Waals surface area contributed by atoms with Gasteiger partial charge in [-0.2, -0.15) is 0 Å². The molecule has 1 N–H and O–H groups in total. The van der Waals surface area contributed by atoms with Crippen molar-refractivity contribution >= 4 is 55.2 Å². The summed E-state index contributed by atoms with van der Waals surface area (Å²) in [5, 5.41) is 15.3. The summed E-state index contributed by atoms with van der Waals surface area (Å²) in [5.41, 5.74) is -0.594. The lowest BCUT2D eigenvalue weighted by atomic mass is 9.80. The van der Waals surface area contributed by atoms with Crippen molar-refractivity contribution in [2.75, 3.05) is 0 Å². The molecule has 4 aromatic rings. The summed E-state index contributed by atoms with van der Waals surface area (Å²) >= 11 is 1.83. The molecule has 0 amide bonds. The molecule has 0 bridgehead atoms. The summed E-state index contributed by atoms with van der Waals surface area (Å²) in [7, 11) is 1.78. The maximum absolute atomic E-state index is 10.3. The number of aliphatic hydroxyl groups is 1. The fourth-order valence-electron chi connectivity index (χ4n) is 3.02. The fraction of sp³-hybridized carbons (Fsp3) is 0.273. The van der Waals surface area contributed by atoms with Crippen LogP contribution in [0.3, 0.4) is 0 Å². The molecule has 0 aliphatic heterocycles. The summed E-state index contributed by atoms with van der Waals surface area (Å²) < 4.78 is 8.60. The van der Waals surface area contributed by atoms with Gasteiger partial charge in [0.2, 0.25) is 0 Å². The van der Waals surface area contributed by atoms with Gasteiger partial charge in [-0.25, -0.2) is 0 Å². The zero-order valence-corrected chi connectivity index (χ0v) is 16.4. The Morgan fingerprint density at radius 3 is 2.23 bits per heavy atom. The third kappa shape index (κ3) is 2.82. The molecule has 2 nitrogen and oxygen atoms in total. The van der Waals surface area contributed by atoms with E-state index in [9.17, 15) is 5.11 Å². The van der Waals surface area contributed by atoms with Gasteiger partial charge in [-0.1, -0.05) is 48.5 Å². The molecule has 0 aliphatic carbocycles. The van der Waals surface area contributed by atoms with Gasteiger partial charge in [0.05, 0.1) is 11.2 Å². The van der Waals surface area contributed by atoms with Crippen LogP contribution in [0.4, 0.5) is 0 Å². The van der Waals surface area contributed by atoms with Crippen LogP contribution in [0.5, 0.6) is 0 Å². The Morgan fingerprint density at radius 1 is 0.808 bits per heavy atom. The van der Waals surface area contributed by atoms with Crippen LogP contribution in [0.15, 0.2) is 54.6 Å². The minimum absolute atomic E-state index is 0.684. The molecule has 0 fully saturated rings. The Bertz CT molecular complexity index is 1110. The molecule has 0 spiro atoms. The molecule has 0 atom stereocenters. The highest BCUT2D eigenvalue weighted by molar-refractivity contribution is 7.26. The lowest BCUT2D eigenvalue weighted by molar-refractivity contribution is -0.0893. The second-order valence-electron chi connectivity index (χ2n) is 7.79. The van der Waals surface area contributed by atoms with Gasteiger partial charge in [-0.3, -0.25) is 0 Å². The Labute approximate surface area is 158 Å². The van der Waals surface area contributed by atoms with Crippen LogP contribution >= 0.6 is 11.3 Å². The zero-order chi connectivity index (χ0) is 18.5. The Morgan fingerprint density at radius 2 is 1.46 bits per heavy atom. The summed E-state index contributed by atoms with van der Waals surface area (Å²) in [4.78, 5) is 0. The summed E-state index contributed by atoms with van der Waals surface area (Å²) in [6.45, 7) is 7.34.